The average molecular weight is 329 g/mol. The van der Waals surface area contributed by atoms with Crippen molar-refractivity contribution in [2.75, 3.05) is 13.7 Å². The number of benzene rings is 2. The van der Waals surface area contributed by atoms with Crippen molar-refractivity contribution in [1.82, 2.24) is 0 Å². The van der Waals surface area contributed by atoms with Crippen LogP contribution in [0.15, 0.2) is 48.5 Å². The number of hydrogen-bond donors (Lipinski definition) is 1. The predicted octanol–water partition coefficient (Wildman–Crippen LogP) is 3.23. The third-order valence-corrected chi connectivity index (χ3v) is 3.54. The van der Waals surface area contributed by atoms with Gasteiger partial charge in [-0.15, -0.1) is 0 Å². The van der Waals surface area contributed by atoms with Crippen molar-refractivity contribution in [2.45, 2.75) is 26.0 Å². The fraction of sp³-hybridized carbons (Fsp3) is 0.316. The Balaban J connectivity index is 2.05. The highest BCUT2D eigenvalue weighted by Crippen LogP contribution is 2.31. The lowest BCUT2D eigenvalue weighted by molar-refractivity contribution is -0.143. The van der Waals surface area contributed by atoms with Crippen LogP contribution in [0, 0.1) is 0 Å². The molecule has 0 saturated heterocycles. The monoisotopic (exact) mass is 329 g/mol. The van der Waals surface area contributed by atoms with E-state index in [0.29, 0.717) is 24.7 Å². The van der Waals surface area contributed by atoms with Crippen LogP contribution >= 0.6 is 0 Å². The first-order chi connectivity index (χ1) is 11.6. The lowest BCUT2D eigenvalue weighted by Crippen LogP contribution is -2.17. The van der Waals surface area contributed by atoms with E-state index in [9.17, 15) is 4.79 Å². The summed E-state index contributed by atoms with van der Waals surface area (Å²) in [6.07, 6.45) is 0.126. The van der Waals surface area contributed by atoms with Crippen molar-refractivity contribution in [2.24, 2.45) is 5.73 Å². The van der Waals surface area contributed by atoms with Gasteiger partial charge in [-0.3, -0.25) is 4.79 Å². The number of carbonyl (C=O) groups excluding carboxylic acids is 1. The molecular weight excluding hydrogens is 306 g/mol. The molecule has 0 unspecified atom stereocenters. The van der Waals surface area contributed by atoms with Crippen LogP contribution in [-0.4, -0.2) is 19.7 Å². The van der Waals surface area contributed by atoms with Crippen LogP contribution in [0.2, 0.25) is 0 Å². The van der Waals surface area contributed by atoms with E-state index in [2.05, 4.69) is 0 Å². The van der Waals surface area contributed by atoms with Crippen molar-refractivity contribution in [3.05, 3.63) is 59.7 Å². The van der Waals surface area contributed by atoms with E-state index >= 15 is 0 Å². The number of nitrogens with two attached hydrogens (primary N) is 1. The van der Waals surface area contributed by atoms with E-state index in [1.807, 2.05) is 42.5 Å². The van der Waals surface area contributed by atoms with E-state index < -0.39 is 6.04 Å². The van der Waals surface area contributed by atoms with Gasteiger partial charge in [0.2, 0.25) is 0 Å². The first kappa shape index (κ1) is 17.8. The summed E-state index contributed by atoms with van der Waals surface area (Å²) in [5.41, 5.74) is 7.94. The summed E-state index contributed by atoms with van der Waals surface area (Å²) < 4.78 is 16.1. The van der Waals surface area contributed by atoms with Crippen LogP contribution in [0.1, 0.15) is 30.5 Å². The van der Waals surface area contributed by atoms with E-state index in [1.54, 1.807) is 20.1 Å². The SMILES string of the molecule is CCOC(=O)C[C@H](N)c1ccc(OCc2ccccc2)c(OC)c1. The number of methoxy groups -OCH3 is 1. The standard InChI is InChI=1S/C19H23NO4/c1-3-23-19(21)12-16(20)15-9-10-17(18(11-15)22-2)24-13-14-7-5-4-6-8-14/h4-11,16H,3,12-13,20H2,1-2H3/t16-/m0/s1. The van der Waals surface area contributed by atoms with Gasteiger partial charge in [-0.1, -0.05) is 36.4 Å². The maximum absolute atomic E-state index is 11.5. The molecule has 2 N–H and O–H groups in total. The third kappa shape index (κ3) is 4.99. The molecule has 128 valence electrons. The molecule has 0 aliphatic rings. The maximum atomic E-state index is 11.5. The van der Waals surface area contributed by atoms with Crippen LogP contribution in [-0.2, 0) is 16.1 Å². The Bertz CT molecular complexity index is 658. The van der Waals surface area contributed by atoms with E-state index in [1.165, 1.54) is 0 Å². The molecule has 0 aliphatic heterocycles. The van der Waals surface area contributed by atoms with Gasteiger partial charge in [-0.25, -0.2) is 0 Å². The summed E-state index contributed by atoms with van der Waals surface area (Å²) >= 11 is 0. The van der Waals surface area contributed by atoms with Crippen LogP contribution < -0.4 is 15.2 Å². The fourth-order valence-corrected chi connectivity index (χ4v) is 2.29. The fourth-order valence-electron chi connectivity index (χ4n) is 2.29. The number of ether oxygens (including phenoxy) is 3. The molecule has 2 aromatic rings. The minimum atomic E-state index is -0.443. The Kier molecular flexibility index (Phi) is 6.63. The van der Waals surface area contributed by atoms with Gasteiger partial charge in [-0.2, -0.15) is 0 Å². The largest absolute Gasteiger partial charge is 0.493 e. The molecule has 2 rings (SSSR count). The summed E-state index contributed by atoms with van der Waals surface area (Å²) in [6, 6.07) is 14.9. The van der Waals surface area contributed by atoms with Crippen molar-refractivity contribution in [3.8, 4) is 11.5 Å². The zero-order valence-electron chi connectivity index (χ0n) is 14.0. The van der Waals surface area contributed by atoms with Gasteiger partial charge in [0.1, 0.15) is 6.61 Å². The highest BCUT2D eigenvalue weighted by atomic mass is 16.5. The quantitative estimate of drug-likeness (QED) is 0.753. The second kappa shape index (κ2) is 8.93. The molecule has 24 heavy (non-hydrogen) atoms. The van der Waals surface area contributed by atoms with Gasteiger partial charge in [0.15, 0.2) is 11.5 Å². The molecule has 5 nitrogen and oxygen atoms in total. The van der Waals surface area contributed by atoms with E-state index in [4.69, 9.17) is 19.9 Å². The molecule has 0 spiro atoms. The lowest BCUT2D eigenvalue weighted by Gasteiger charge is -2.15. The lowest BCUT2D eigenvalue weighted by atomic mass is 10.0. The van der Waals surface area contributed by atoms with Crippen molar-refractivity contribution >= 4 is 5.97 Å². The third-order valence-electron chi connectivity index (χ3n) is 3.54. The van der Waals surface area contributed by atoms with Crippen molar-refractivity contribution < 1.29 is 19.0 Å². The number of carbonyl (C=O) groups is 1. The molecule has 2 aromatic carbocycles. The van der Waals surface area contributed by atoms with Gasteiger partial charge >= 0.3 is 5.97 Å². The molecular formula is C19H23NO4. The zero-order chi connectivity index (χ0) is 17.4. The molecule has 0 aromatic heterocycles. The molecule has 0 amide bonds. The topological polar surface area (TPSA) is 70.8 Å². The van der Waals surface area contributed by atoms with Gasteiger partial charge in [0.05, 0.1) is 20.1 Å². The molecule has 0 fully saturated rings. The van der Waals surface area contributed by atoms with Crippen molar-refractivity contribution in [3.63, 3.8) is 0 Å². The van der Waals surface area contributed by atoms with Gasteiger partial charge in [0, 0.05) is 6.04 Å². The molecule has 5 heteroatoms. The molecule has 0 heterocycles. The molecule has 0 radical (unpaired) electrons. The normalized spacial score (nSPS) is 11.6. The first-order valence-electron chi connectivity index (χ1n) is 7.90. The Morgan fingerprint density at radius 2 is 1.88 bits per heavy atom. The minimum Gasteiger partial charge on any atom is -0.493 e. The second-order valence-electron chi connectivity index (χ2n) is 5.30. The van der Waals surface area contributed by atoms with Gasteiger partial charge in [0.25, 0.3) is 0 Å². The summed E-state index contributed by atoms with van der Waals surface area (Å²) in [6.45, 7) is 2.57. The van der Waals surface area contributed by atoms with Crippen LogP contribution in [0.5, 0.6) is 11.5 Å². The summed E-state index contributed by atoms with van der Waals surface area (Å²) in [7, 11) is 1.57. The smallest absolute Gasteiger partial charge is 0.307 e. The Labute approximate surface area is 142 Å². The Hall–Kier alpha value is -2.53. The molecule has 0 bridgehead atoms. The molecule has 1 atom stereocenters. The van der Waals surface area contributed by atoms with E-state index in [0.717, 1.165) is 11.1 Å². The maximum Gasteiger partial charge on any atom is 0.307 e. The second-order valence-corrected chi connectivity index (χ2v) is 5.30. The predicted molar refractivity (Wildman–Crippen MR) is 91.9 cm³/mol. The Morgan fingerprint density at radius 3 is 2.54 bits per heavy atom. The highest BCUT2D eigenvalue weighted by Gasteiger charge is 2.15. The Morgan fingerprint density at radius 1 is 1.12 bits per heavy atom. The number of esters is 1. The average Bonchev–Trinajstić information content (AvgIpc) is 2.60. The van der Waals surface area contributed by atoms with Crippen molar-refractivity contribution in [1.29, 1.82) is 0 Å². The number of hydrogen-bond acceptors (Lipinski definition) is 5. The van der Waals surface area contributed by atoms with Crippen LogP contribution in [0.25, 0.3) is 0 Å². The zero-order valence-corrected chi connectivity index (χ0v) is 14.0. The molecule has 0 aliphatic carbocycles. The molecule has 0 saturated carbocycles. The highest BCUT2D eigenvalue weighted by molar-refractivity contribution is 5.70. The van der Waals surface area contributed by atoms with Gasteiger partial charge < -0.3 is 19.9 Å². The summed E-state index contributed by atoms with van der Waals surface area (Å²) in [5, 5.41) is 0. The van der Waals surface area contributed by atoms with Crippen LogP contribution in [0.3, 0.4) is 0 Å². The van der Waals surface area contributed by atoms with E-state index in [-0.39, 0.29) is 12.4 Å². The summed E-state index contributed by atoms with van der Waals surface area (Å²) in [5.74, 6) is 0.907. The minimum absolute atomic E-state index is 0.126. The van der Waals surface area contributed by atoms with Gasteiger partial charge in [-0.05, 0) is 30.2 Å². The van der Waals surface area contributed by atoms with Crippen LogP contribution in [0.4, 0.5) is 0 Å². The summed E-state index contributed by atoms with van der Waals surface area (Å²) in [4.78, 5) is 11.5. The first-order valence-corrected chi connectivity index (χ1v) is 7.90. The number of rotatable bonds is 8.